The lowest BCUT2D eigenvalue weighted by Crippen LogP contribution is -2.08. The van der Waals surface area contributed by atoms with Crippen LogP contribution >= 0.6 is 0 Å². The maximum Gasteiger partial charge on any atom is 0.417 e. The second-order valence-electron chi connectivity index (χ2n) is 4.30. The molecule has 0 radical (unpaired) electrons. The Balaban J connectivity index is 2.68. The van der Waals surface area contributed by atoms with Gasteiger partial charge in [-0.1, -0.05) is 42.5 Å². The van der Waals surface area contributed by atoms with Gasteiger partial charge in [0.15, 0.2) is 0 Å². The Morgan fingerprint density at radius 3 is 2.24 bits per heavy atom. The molecule has 0 aliphatic rings. The molecule has 0 bridgehead atoms. The van der Waals surface area contributed by atoms with Crippen LogP contribution in [0.4, 0.5) is 13.2 Å². The van der Waals surface area contributed by atoms with Crippen molar-refractivity contribution in [1.82, 2.24) is 0 Å². The van der Waals surface area contributed by atoms with Crippen LogP contribution in [-0.2, 0) is 11.0 Å². The lowest BCUT2D eigenvalue weighted by Gasteiger charge is -2.14. The number of hydrogen-bond donors (Lipinski definition) is 1. The van der Waals surface area contributed by atoms with Crippen LogP contribution in [0.2, 0.25) is 0 Å². The van der Waals surface area contributed by atoms with Crippen molar-refractivity contribution in [1.29, 1.82) is 0 Å². The molecule has 0 atom stereocenters. The van der Waals surface area contributed by atoms with Crippen LogP contribution < -0.4 is 0 Å². The molecule has 0 aliphatic heterocycles. The first-order chi connectivity index (χ1) is 9.89. The number of carboxylic acids is 1. The highest BCUT2D eigenvalue weighted by Gasteiger charge is 2.33. The summed E-state index contributed by atoms with van der Waals surface area (Å²) in [5.74, 6) is -1.30. The van der Waals surface area contributed by atoms with Crippen LogP contribution in [0.25, 0.3) is 17.2 Å². The molecule has 0 saturated carbocycles. The van der Waals surface area contributed by atoms with E-state index < -0.39 is 17.7 Å². The Hall–Kier alpha value is -2.56. The van der Waals surface area contributed by atoms with E-state index in [9.17, 15) is 18.0 Å². The van der Waals surface area contributed by atoms with E-state index >= 15 is 0 Å². The van der Waals surface area contributed by atoms with E-state index in [0.717, 1.165) is 12.1 Å². The predicted octanol–water partition coefficient (Wildman–Crippen LogP) is 4.47. The first kappa shape index (κ1) is 14.8. The Kier molecular flexibility index (Phi) is 4.12. The Morgan fingerprint density at radius 1 is 1.00 bits per heavy atom. The number of rotatable bonds is 3. The minimum Gasteiger partial charge on any atom is -0.478 e. The number of hydrogen-bond acceptors (Lipinski definition) is 1. The highest BCUT2D eigenvalue weighted by molar-refractivity contribution is 5.88. The van der Waals surface area contributed by atoms with E-state index in [0.29, 0.717) is 17.2 Å². The number of carboxylic acid groups (broad SMARTS) is 1. The number of alkyl halides is 3. The molecule has 0 amide bonds. The normalized spacial score (nSPS) is 11.8. The summed E-state index contributed by atoms with van der Waals surface area (Å²) in [7, 11) is 0. The van der Waals surface area contributed by atoms with Crippen LogP contribution in [0.15, 0.2) is 54.6 Å². The van der Waals surface area contributed by atoms with E-state index in [1.807, 2.05) is 0 Å². The van der Waals surface area contributed by atoms with Gasteiger partial charge in [-0.15, -0.1) is 0 Å². The average molecular weight is 292 g/mol. The smallest absolute Gasteiger partial charge is 0.417 e. The Bertz CT molecular complexity index is 674. The Labute approximate surface area is 119 Å². The molecule has 0 unspecified atom stereocenters. The largest absolute Gasteiger partial charge is 0.478 e. The summed E-state index contributed by atoms with van der Waals surface area (Å²) in [4.78, 5) is 10.6. The fourth-order valence-corrected chi connectivity index (χ4v) is 2.02. The monoisotopic (exact) mass is 292 g/mol. The lowest BCUT2D eigenvalue weighted by molar-refractivity contribution is -0.137. The van der Waals surface area contributed by atoms with E-state index in [4.69, 9.17) is 5.11 Å². The number of benzene rings is 2. The zero-order valence-corrected chi connectivity index (χ0v) is 10.8. The zero-order chi connectivity index (χ0) is 15.5. The van der Waals surface area contributed by atoms with Crippen molar-refractivity contribution in [3.8, 4) is 11.1 Å². The lowest BCUT2D eigenvalue weighted by atomic mass is 9.94. The summed E-state index contributed by atoms with van der Waals surface area (Å²) in [5, 5.41) is 8.66. The van der Waals surface area contributed by atoms with E-state index in [2.05, 4.69) is 0 Å². The molecule has 1 N–H and O–H groups in total. The molecule has 2 aromatic rings. The van der Waals surface area contributed by atoms with Crippen molar-refractivity contribution in [2.45, 2.75) is 6.18 Å². The molecule has 0 heterocycles. The molecule has 5 heteroatoms. The van der Waals surface area contributed by atoms with Gasteiger partial charge < -0.3 is 5.11 Å². The average Bonchev–Trinajstić information content (AvgIpc) is 2.44. The fraction of sp³-hybridized carbons (Fsp3) is 0.0625. The molecular formula is C16H11F3O2. The van der Waals surface area contributed by atoms with Crippen LogP contribution in [-0.4, -0.2) is 11.1 Å². The molecular weight excluding hydrogens is 281 g/mol. The van der Waals surface area contributed by atoms with Crippen molar-refractivity contribution >= 4 is 12.0 Å². The molecule has 2 nitrogen and oxygen atoms in total. The molecule has 21 heavy (non-hydrogen) atoms. The number of halogens is 3. The Morgan fingerprint density at radius 2 is 1.67 bits per heavy atom. The third kappa shape index (κ3) is 3.51. The number of carbonyl (C=O) groups is 1. The molecule has 2 aromatic carbocycles. The minimum absolute atomic E-state index is 0.154. The summed E-state index contributed by atoms with van der Waals surface area (Å²) < 4.78 is 39.3. The summed E-state index contributed by atoms with van der Waals surface area (Å²) in [5.41, 5.74) is -0.0866. The molecule has 108 valence electrons. The van der Waals surface area contributed by atoms with Gasteiger partial charge in [0, 0.05) is 6.08 Å². The van der Waals surface area contributed by atoms with Crippen LogP contribution in [0.3, 0.4) is 0 Å². The molecule has 2 rings (SSSR count). The van der Waals surface area contributed by atoms with Gasteiger partial charge in [0.05, 0.1) is 5.56 Å². The molecule has 0 aliphatic carbocycles. The van der Waals surface area contributed by atoms with E-state index in [1.54, 1.807) is 30.3 Å². The summed E-state index contributed by atoms with van der Waals surface area (Å²) in [6.45, 7) is 0. The molecule has 0 spiro atoms. The second-order valence-corrected chi connectivity index (χ2v) is 4.30. The molecule has 0 saturated heterocycles. The molecule has 0 aromatic heterocycles. The minimum atomic E-state index is -4.55. The maximum atomic E-state index is 13.1. The van der Waals surface area contributed by atoms with Gasteiger partial charge in [-0.05, 0) is 28.8 Å². The van der Waals surface area contributed by atoms with Crippen molar-refractivity contribution in [2.24, 2.45) is 0 Å². The van der Waals surface area contributed by atoms with Crippen LogP contribution in [0.5, 0.6) is 0 Å². The highest BCUT2D eigenvalue weighted by atomic mass is 19.4. The standard InChI is InChI=1S/C16H11F3O2/c17-16(18,19)14-8-4-7-12(11-5-2-1-3-6-11)13(14)9-10-15(20)21/h1-10H,(H,20,21)/b10-9+. The van der Waals surface area contributed by atoms with Gasteiger partial charge in [0.1, 0.15) is 0 Å². The van der Waals surface area contributed by atoms with Gasteiger partial charge in [-0.25, -0.2) is 4.79 Å². The molecule has 0 fully saturated rings. The van der Waals surface area contributed by atoms with Gasteiger partial charge in [-0.2, -0.15) is 13.2 Å². The zero-order valence-electron chi connectivity index (χ0n) is 10.8. The van der Waals surface area contributed by atoms with Gasteiger partial charge in [-0.3, -0.25) is 0 Å². The maximum absolute atomic E-state index is 13.1. The summed E-state index contributed by atoms with van der Waals surface area (Å²) in [6, 6.07) is 12.3. The highest BCUT2D eigenvalue weighted by Crippen LogP contribution is 2.37. The third-order valence-corrected chi connectivity index (χ3v) is 2.89. The van der Waals surface area contributed by atoms with Crippen LogP contribution in [0, 0.1) is 0 Å². The van der Waals surface area contributed by atoms with E-state index in [1.165, 1.54) is 12.1 Å². The van der Waals surface area contributed by atoms with Gasteiger partial charge in [0.25, 0.3) is 0 Å². The quantitative estimate of drug-likeness (QED) is 0.847. The first-order valence-electron chi connectivity index (χ1n) is 6.06. The van der Waals surface area contributed by atoms with Gasteiger partial charge >= 0.3 is 12.1 Å². The predicted molar refractivity (Wildman–Crippen MR) is 73.5 cm³/mol. The van der Waals surface area contributed by atoms with Crippen molar-refractivity contribution < 1.29 is 23.1 Å². The van der Waals surface area contributed by atoms with E-state index in [-0.39, 0.29) is 5.56 Å². The number of aliphatic carboxylic acids is 1. The second kappa shape index (κ2) is 5.83. The topological polar surface area (TPSA) is 37.3 Å². The SMILES string of the molecule is O=C(O)/C=C/c1c(-c2ccccc2)cccc1C(F)(F)F. The first-order valence-corrected chi connectivity index (χ1v) is 6.06. The summed E-state index contributed by atoms with van der Waals surface area (Å²) in [6.07, 6.45) is -2.87. The third-order valence-electron chi connectivity index (χ3n) is 2.89. The van der Waals surface area contributed by atoms with Crippen molar-refractivity contribution in [3.05, 3.63) is 65.7 Å². The van der Waals surface area contributed by atoms with Crippen molar-refractivity contribution in [3.63, 3.8) is 0 Å². The fourth-order valence-electron chi connectivity index (χ4n) is 2.02. The summed E-state index contributed by atoms with van der Waals surface area (Å²) >= 11 is 0. The van der Waals surface area contributed by atoms with Crippen molar-refractivity contribution in [2.75, 3.05) is 0 Å². The van der Waals surface area contributed by atoms with Gasteiger partial charge in [0.2, 0.25) is 0 Å². The van der Waals surface area contributed by atoms with Crippen LogP contribution in [0.1, 0.15) is 11.1 Å².